The molecule has 0 bridgehead atoms. The van der Waals surface area contributed by atoms with Crippen LogP contribution in [0.2, 0.25) is 0 Å². The first-order chi connectivity index (χ1) is 11.3. The number of oxazole rings is 1. The third kappa shape index (κ3) is 3.58. The second-order valence-corrected chi connectivity index (χ2v) is 4.79. The predicted molar refractivity (Wildman–Crippen MR) is 84.1 cm³/mol. The zero-order valence-corrected chi connectivity index (χ0v) is 12.6. The lowest BCUT2D eigenvalue weighted by Crippen LogP contribution is -2.01. The molecule has 2 aromatic carbocycles. The number of ether oxygens (including phenoxy) is 2. The molecule has 0 atom stereocenters. The summed E-state index contributed by atoms with van der Waals surface area (Å²) in [5, 5.41) is 0. The molecule has 0 aliphatic carbocycles. The van der Waals surface area contributed by atoms with E-state index in [9.17, 15) is 4.79 Å². The minimum absolute atomic E-state index is 0.213. The van der Waals surface area contributed by atoms with Gasteiger partial charge in [-0.05, 0) is 24.3 Å². The average Bonchev–Trinajstić information content (AvgIpc) is 3.09. The topological polar surface area (TPSA) is 61.6 Å². The zero-order valence-electron chi connectivity index (χ0n) is 12.6. The summed E-state index contributed by atoms with van der Waals surface area (Å²) in [6.45, 7) is 0.213. The van der Waals surface area contributed by atoms with Crippen LogP contribution in [0, 0.1) is 0 Å². The van der Waals surface area contributed by atoms with E-state index in [1.54, 1.807) is 30.5 Å². The molecule has 0 fully saturated rings. The van der Waals surface area contributed by atoms with E-state index in [0.717, 1.165) is 5.56 Å². The molecule has 3 rings (SSSR count). The van der Waals surface area contributed by atoms with Crippen molar-refractivity contribution in [2.45, 2.75) is 6.61 Å². The van der Waals surface area contributed by atoms with Gasteiger partial charge in [0.25, 0.3) is 0 Å². The summed E-state index contributed by atoms with van der Waals surface area (Å²) < 4.78 is 15.9. The number of hydrogen-bond acceptors (Lipinski definition) is 5. The summed E-state index contributed by atoms with van der Waals surface area (Å²) in [5.41, 5.74) is 1.44. The van der Waals surface area contributed by atoms with Gasteiger partial charge < -0.3 is 13.9 Å². The van der Waals surface area contributed by atoms with E-state index in [1.165, 1.54) is 7.11 Å². The normalized spacial score (nSPS) is 10.3. The van der Waals surface area contributed by atoms with E-state index < -0.39 is 0 Å². The molecule has 0 radical (unpaired) electrons. The standard InChI is InChI=1S/C18H15NO4/c1-21-18(20)14-7-9-15(10-8-14)22-12-17-19-11-16(23-17)13-5-3-2-4-6-13/h2-11H,12H2,1H3. The average molecular weight is 309 g/mol. The Bertz CT molecular complexity index is 778. The van der Waals surface area contributed by atoms with Crippen LogP contribution in [-0.4, -0.2) is 18.1 Å². The number of aromatic nitrogens is 1. The smallest absolute Gasteiger partial charge is 0.337 e. The number of methoxy groups -OCH3 is 1. The Hall–Kier alpha value is -3.08. The highest BCUT2D eigenvalue weighted by atomic mass is 16.5. The molecule has 0 aliphatic rings. The Labute approximate surface area is 133 Å². The summed E-state index contributed by atoms with van der Waals surface area (Å²) in [6.07, 6.45) is 1.67. The van der Waals surface area contributed by atoms with Gasteiger partial charge in [0.15, 0.2) is 12.4 Å². The molecule has 0 saturated heterocycles. The maximum absolute atomic E-state index is 11.4. The van der Waals surface area contributed by atoms with Crippen LogP contribution in [-0.2, 0) is 11.3 Å². The highest BCUT2D eigenvalue weighted by molar-refractivity contribution is 5.89. The van der Waals surface area contributed by atoms with Crippen molar-refractivity contribution in [3.63, 3.8) is 0 Å². The van der Waals surface area contributed by atoms with Crippen molar-refractivity contribution < 1.29 is 18.7 Å². The van der Waals surface area contributed by atoms with Gasteiger partial charge in [0.05, 0.1) is 18.9 Å². The highest BCUT2D eigenvalue weighted by Crippen LogP contribution is 2.21. The number of carbonyl (C=O) groups is 1. The summed E-state index contributed by atoms with van der Waals surface area (Å²) in [5.74, 6) is 1.43. The van der Waals surface area contributed by atoms with Gasteiger partial charge in [0, 0.05) is 5.56 Å². The summed E-state index contributed by atoms with van der Waals surface area (Å²) in [4.78, 5) is 15.6. The van der Waals surface area contributed by atoms with Crippen molar-refractivity contribution in [2.24, 2.45) is 0 Å². The van der Waals surface area contributed by atoms with Crippen molar-refractivity contribution in [3.05, 3.63) is 72.2 Å². The molecule has 0 unspecified atom stereocenters. The van der Waals surface area contributed by atoms with Crippen LogP contribution in [0.5, 0.6) is 5.75 Å². The lowest BCUT2D eigenvalue weighted by atomic mass is 10.2. The second kappa shape index (κ2) is 6.79. The molecule has 23 heavy (non-hydrogen) atoms. The lowest BCUT2D eigenvalue weighted by molar-refractivity contribution is 0.0600. The molecule has 1 aromatic heterocycles. The van der Waals surface area contributed by atoms with E-state index in [2.05, 4.69) is 9.72 Å². The molecule has 5 heteroatoms. The Morgan fingerprint density at radius 2 is 1.83 bits per heavy atom. The van der Waals surface area contributed by atoms with Gasteiger partial charge >= 0.3 is 5.97 Å². The Morgan fingerprint density at radius 1 is 1.09 bits per heavy atom. The summed E-state index contributed by atoms with van der Waals surface area (Å²) in [6, 6.07) is 16.4. The van der Waals surface area contributed by atoms with Crippen molar-refractivity contribution >= 4 is 5.97 Å². The lowest BCUT2D eigenvalue weighted by Gasteiger charge is -2.04. The molecule has 0 spiro atoms. The van der Waals surface area contributed by atoms with E-state index in [0.29, 0.717) is 23.0 Å². The molecule has 3 aromatic rings. The molecule has 0 saturated carbocycles. The number of rotatable bonds is 5. The Balaban J connectivity index is 1.63. The van der Waals surface area contributed by atoms with Gasteiger partial charge in [-0.1, -0.05) is 30.3 Å². The van der Waals surface area contributed by atoms with Crippen molar-refractivity contribution in [1.82, 2.24) is 4.98 Å². The fourth-order valence-corrected chi connectivity index (χ4v) is 2.06. The van der Waals surface area contributed by atoms with Gasteiger partial charge in [-0.2, -0.15) is 0 Å². The zero-order chi connectivity index (χ0) is 16.1. The third-order valence-corrected chi connectivity index (χ3v) is 3.25. The van der Waals surface area contributed by atoms with Gasteiger partial charge in [0.1, 0.15) is 5.75 Å². The van der Waals surface area contributed by atoms with Crippen molar-refractivity contribution in [2.75, 3.05) is 7.11 Å². The fraction of sp³-hybridized carbons (Fsp3) is 0.111. The number of benzene rings is 2. The molecule has 5 nitrogen and oxygen atoms in total. The van der Waals surface area contributed by atoms with E-state index in [4.69, 9.17) is 9.15 Å². The van der Waals surface area contributed by atoms with Crippen LogP contribution in [0.4, 0.5) is 0 Å². The quantitative estimate of drug-likeness (QED) is 0.672. The Kier molecular flexibility index (Phi) is 4.38. The van der Waals surface area contributed by atoms with Gasteiger partial charge in [-0.15, -0.1) is 0 Å². The van der Waals surface area contributed by atoms with Gasteiger partial charge in [-0.3, -0.25) is 0 Å². The first kappa shape index (κ1) is 14.8. The third-order valence-electron chi connectivity index (χ3n) is 3.25. The van der Waals surface area contributed by atoms with E-state index >= 15 is 0 Å². The first-order valence-corrected chi connectivity index (χ1v) is 7.07. The van der Waals surface area contributed by atoms with E-state index in [-0.39, 0.29) is 12.6 Å². The molecule has 116 valence electrons. The number of carbonyl (C=O) groups excluding carboxylic acids is 1. The van der Waals surface area contributed by atoms with Crippen molar-refractivity contribution in [1.29, 1.82) is 0 Å². The fourth-order valence-electron chi connectivity index (χ4n) is 2.06. The minimum atomic E-state index is -0.378. The predicted octanol–water partition coefficient (Wildman–Crippen LogP) is 3.71. The van der Waals surface area contributed by atoms with Crippen LogP contribution < -0.4 is 4.74 Å². The summed E-state index contributed by atoms with van der Waals surface area (Å²) >= 11 is 0. The second-order valence-electron chi connectivity index (χ2n) is 4.79. The molecule has 0 amide bonds. The maximum Gasteiger partial charge on any atom is 0.337 e. The highest BCUT2D eigenvalue weighted by Gasteiger charge is 2.08. The van der Waals surface area contributed by atoms with Crippen LogP contribution >= 0.6 is 0 Å². The number of hydrogen-bond donors (Lipinski definition) is 0. The molecular weight excluding hydrogens is 294 g/mol. The SMILES string of the molecule is COC(=O)c1ccc(OCc2ncc(-c3ccccc3)o2)cc1. The van der Waals surface area contributed by atoms with Crippen molar-refractivity contribution in [3.8, 4) is 17.1 Å². The number of nitrogens with zero attached hydrogens (tertiary/aromatic N) is 1. The summed E-state index contributed by atoms with van der Waals surface area (Å²) in [7, 11) is 1.35. The molecular formula is C18H15NO4. The molecule has 0 N–H and O–H groups in total. The Morgan fingerprint density at radius 3 is 2.52 bits per heavy atom. The number of esters is 1. The monoisotopic (exact) mass is 309 g/mol. The minimum Gasteiger partial charge on any atom is -0.484 e. The van der Waals surface area contributed by atoms with Crippen LogP contribution in [0.25, 0.3) is 11.3 Å². The van der Waals surface area contributed by atoms with Crippen LogP contribution in [0.3, 0.4) is 0 Å². The molecule has 0 aliphatic heterocycles. The van der Waals surface area contributed by atoms with E-state index in [1.807, 2.05) is 30.3 Å². The maximum atomic E-state index is 11.4. The first-order valence-electron chi connectivity index (χ1n) is 7.07. The van der Waals surface area contributed by atoms with Gasteiger partial charge in [-0.25, -0.2) is 9.78 Å². The van der Waals surface area contributed by atoms with Crippen LogP contribution in [0.15, 0.2) is 65.2 Å². The van der Waals surface area contributed by atoms with Crippen LogP contribution in [0.1, 0.15) is 16.2 Å². The largest absolute Gasteiger partial charge is 0.484 e. The molecule has 1 heterocycles. The van der Waals surface area contributed by atoms with Gasteiger partial charge in [0.2, 0.25) is 5.89 Å².